The third-order valence-corrected chi connectivity index (χ3v) is 5.80. The Morgan fingerprint density at radius 2 is 1.90 bits per heavy atom. The third kappa shape index (κ3) is 5.34. The Morgan fingerprint density at radius 3 is 2.72 bits per heavy atom. The van der Waals surface area contributed by atoms with Gasteiger partial charge in [0, 0.05) is 32.2 Å². The Bertz CT molecular complexity index is 791. The Kier molecular flexibility index (Phi) is 6.75. The van der Waals surface area contributed by atoms with Gasteiger partial charge in [-0.05, 0) is 56.6 Å². The molecule has 0 radical (unpaired) electrons. The molecule has 0 bridgehead atoms. The summed E-state index contributed by atoms with van der Waals surface area (Å²) in [5.41, 5.74) is 1.78. The van der Waals surface area contributed by atoms with Crippen molar-refractivity contribution in [1.29, 1.82) is 0 Å². The number of aromatic nitrogens is 1. The summed E-state index contributed by atoms with van der Waals surface area (Å²) in [5.74, 6) is 0.792. The number of pyridine rings is 1. The van der Waals surface area contributed by atoms with Gasteiger partial charge in [-0.25, -0.2) is 4.98 Å². The van der Waals surface area contributed by atoms with Gasteiger partial charge < -0.3 is 20.4 Å². The van der Waals surface area contributed by atoms with E-state index in [9.17, 15) is 4.79 Å². The summed E-state index contributed by atoms with van der Waals surface area (Å²) in [6.45, 7) is 6.79. The van der Waals surface area contributed by atoms with Crippen molar-refractivity contribution >= 4 is 11.7 Å². The fraction of sp³-hybridized carbons (Fsp3) is 0.478. The molecule has 6 heteroatoms. The van der Waals surface area contributed by atoms with Crippen LogP contribution in [0.5, 0.6) is 0 Å². The molecule has 1 atom stereocenters. The van der Waals surface area contributed by atoms with E-state index in [0.29, 0.717) is 12.2 Å². The van der Waals surface area contributed by atoms with E-state index in [1.807, 2.05) is 18.2 Å². The first kappa shape index (κ1) is 19.9. The first-order chi connectivity index (χ1) is 14.3. The minimum atomic E-state index is -0.0805. The number of anilines is 1. The van der Waals surface area contributed by atoms with Crippen molar-refractivity contribution in [3.8, 4) is 0 Å². The summed E-state index contributed by atoms with van der Waals surface area (Å²) in [5, 5.41) is 6.61. The van der Waals surface area contributed by atoms with Crippen LogP contribution in [0.25, 0.3) is 0 Å². The smallest absolute Gasteiger partial charge is 0.269 e. The Morgan fingerprint density at radius 1 is 1.07 bits per heavy atom. The predicted molar refractivity (Wildman–Crippen MR) is 116 cm³/mol. The molecule has 2 aliphatic rings. The number of benzene rings is 1. The highest BCUT2D eigenvalue weighted by Crippen LogP contribution is 2.21. The molecule has 154 valence electrons. The van der Waals surface area contributed by atoms with Gasteiger partial charge in [-0.15, -0.1) is 0 Å². The molecule has 29 heavy (non-hydrogen) atoms. The van der Waals surface area contributed by atoms with Crippen molar-refractivity contribution in [3.63, 3.8) is 0 Å². The zero-order valence-corrected chi connectivity index (χ0v) is 17.0. The SMILES string of the molecule is O=C(NCCCN1CCCC1)c1cccc(N2CCN[C@H](c3ccccc3)C2)n1. The monoisotopic (exact) mass is 393 g/mol. The molecule has 2 aromatic rings. The highest BCUT2D eigenvalue weighted by Gasteiger charge is 2.22. The normalized spacial score (nSPS) is 20.0. The fourth-order valence-corrected chi connectivity index (χ4v) is 4.19. The van der Waals surface area contributed by atoms with E-state index in [-0.39, 0.29) is 11.9 Å². The maximum atomic E-state index is 12.5. The van der Waals surface area contributed by atoms with Crippen molar-refractivity contribution < 1.29 is 4.79 Å². The van der Waals surface area contributed by atoms with Gasteiger partial charge in [0.05, 0.1) is 0 Å². The Hall–Kier alpha value is -2.44. The quantitative estimate of drug-likeness (QED) is 0.708. The summed E-state index contributed by atoms with van der Waals surface area (Å²) in [6.07, 6.45) is 3.60. The molecule has 2 fully saturated rings. The van der Waals surface area contributed by atoms with E-state index >= 15 is 0 Å². The van der Waals surface area contributed by atoms with Crippen molar-refractivity contribution in [2.24, 2.45) is 0 Å². The Balaban J connectivity index is 1.32. The molecule has 1 amide bonds. The average Bonchev–Trinajstić information content (AvgIpc) is 3.31. The van der Waals surface area contributed by atoms with Gasteiger partial charge in [0.25, 0.3) is 5.91 Å². The second-order valence-corrected chi connectivity index (χ2v) is 7.90. The van der Waals surface area contributed by atoms with E-state index in [0.717, 1.165) is 38.4 Å². The van der Waals surface area contributed by atoms with Gasteiger partial charge in [0.15, 0.2) is 0 Å². The van der Waals surface area contributed by atoms with Crippen LogP contribution < -0.4 is 15.5 Å². The first-order valence-corrected chi connectivity index (χ1v) is 10.8. The van der Waals surface area contributed by atoms with Crippen LogP contribution in [0.1, 0.15) is 41.4 Å². The molecule has 0 unspecified atom stereocenters. The summed E-state index contributed by atoms with van der Waals surface area (Å²) >= 11 is 0. The second-order valence-electron chi connectivity index (χ2n) is 7.90. The predicted octanol–water partition coefficient (Wildman–Crippen LogP) is 2.45. The van der Waals surface area contributed by atoms with E-state index in [1.54, 1.807) is 6.07 Å². The lowest BCUT2D eigenvalue weighted by Crippen LogP contribution is -2.46. The van der Waals surface area contributed by atoms with Crippen LogP contribution in [0, 0.1) is 0 Å². The van der Waals surface area contributed by atoms with Crippen molar-refractivity contribution in [2.45, 2.75) is 25.3 Å². The summed E-state index contributed by atoms with van der Waals surface area (Å²) in [4.78, 5) is 21.9. The minimum Gasteiger partial charge on any atom is -0.353 e. The number of amides is 1. The zero-order valence-electron chi connectivity index (χ0n) is 17.0. The number of rotatable bonds is 7. The van der Waals surface area contributed by atoms with E-state index < -0.39 is 0 Å². The van der Waals surface area contributed by atoms with Gasteiger partial charge in [-0.3, -0.25) is 4.79 Å². The molecule has 1 aromatic heterocycles. The topological polar surface area (TPSA) is 60.5 Å². The van der Waals surface area contributed by atoms with E-state index in [2.05, 4.69) is 49.7 Å². The number of piperazine rings is 1. The molecule has 6 nitrogen and oxygen atoms in total. The van der Waals surface area contributed by atoms with Crippen molar-refractivity contribution in [3.05, 3.63) is 59.8 Å². The molecule has 2 saturated heterocycles. The van der Waals surface area contributed by atoms with Crippen molar-refractivity contribution in [1.82, 2.24) is 20.5 Å². The number of hydrogen-bond donors (Lipinski definition) is 2. The molecule has 3 heterocycles. The molecule has 4 rings (SSSR count). The third-order valence-electron chi connectivity index (χ3n) is 5.80. The molecule has 0 spiro atoms. The Labute approximate surface area is 173 Å². The van der Waals surface area contributed by atoms with Crippen LogP contribution in [0.4, 0.5) is 5.82 Å². The van der Waals surface area contributed by atoms with Crippen molar-refractivity contribution in [2.75, 3.05) is 50.7 Å². The molecular formula is C23H31N5O. The van der Waals surface area contributed by atoms with Crippen LogP contribution in [-0.4, -0.2) is 61.6 Å². The van der Waals surface area contributed by atoms with Gasteiger partial charge in [-0.1, -0.05) is 36.4 Å². The number of hydrogen-bond acceptors (Lipinski definition) is 5. The van der Waals surface area contributed by atoms with Crippen LogP contribution in [0.15, 0.2) is 48.5 Å². The molecule has 0 aliphatic carbocycles. The lowest BCUT2D eigenvalue weighted by Gasteiger charge is -2.35. The minimum absolute atomic E-state index is 0.0805. The highest BCUT2D eigenvalue weighted by molar-refractivity contribution is 5.92. The van der Waals surface area contributed by atoms with Crippen LogP contribution in [-0.2, 0) is 0 Å². The largest absolute Gasteiger partial charge is 0.353 e. The maximum Gasteiger partial charge on any atom is 0.269 e. The standard InChI is InChI=1S/C23H31N5O/c29-23(25-12-7-16-27-14-4-5-15-27)20-10-6-11-22(26-20)28-17-13-24-21(18-28)19-8-2-1-3-9-19/h1-3,6,8-11,21,24H,4-5,7,12-18H2,(H,25,29)/t21-/m0/s1. The molecule has 2 aliphatic heterocycles. The number of nitrogens with zero attached hydrogens (tertiary/aromatic N) is 3. The zero-order chi connectivity index (χ0) is 19.9. The van der Waals surface area contributed by atoms with Crippen LogP contribution in [0.3, 0.4) is 0 Å². The number of carbonyl (C=O) groups excluding carboxylic acids is 1. The maximum absolute atomic E-state index is 12.5. The van der Waals surface area contributed by atoms with E-state index in [4.69, 9.17) is 0 Å². The first-order valence-electron chi connectivity index (χ1n) is 10.8. The summed E-state index contributed by atoms with van der Waals surface area (Å²) in [7, 11) is 0. The highest BCUT2D eigenvalue weighted by atomic mass is 16.1. The number of nitrogens with one attached hydrogen (secondary N) is 2. The number of likely N-dealkylation sites (tertiary alicyclic amines) is 1. The summed E-state index contributed by atoms with van der Waals surface area (Å²) in [6, 6.07) is 16.5. The van der Waals surface area contributed by atoms with Crippen LogP contribution in [0.2, 0.25) is 0 Å². The molecule has 1 aromatic carbocycles. The fourth-order valence-electron chi connectivity index (χ4n) is 4.19. The average molecular weight is 394 g/mol. The van der Waals surface area contributed by atoms with Crippen LogP contribution >= 0.6 is 0 Å². The number of carbonyl (C=O) groups is 1. The van der Waals surface area contributed by atoms with E-state index in [1.165, 1.54) is 31.5 Å². The lowest BCUT2D eigenvalue weighted by molar-refractivity contribution is 0.0947. The van der Waals surface area contributed by atoms with Gasteiger partial charge in [-0.2, -0.15) is 0 Å². The van der Waals surface area contributed by atoms with Gasteiger partial charge in [0.2, 0.25) is 0 Å². The molecule has 2 N–H and O–H groups in total. The molecular weight excluding hydrogens is 362 g/mol. The summed E-state index contributed by atoms with van der Waals surface area (Å²) < 4.78 is 0. The second kappa shape index (κ2) is 9.85. The molecule has 0 saturated carbocycles. The van der Waals surface area contributed by atoms with Gasteiger partial charge >= 0.3 is 0 Å². The van der Waals surface area contributed by atoms with Gasteiger partial charge in [0.1, 0.15) is 11.5 Å². The lowest BCUT2D eigenvalue weighted by atomic mass is 10.0.